The van der Waals surface area contributed by atoms with Gasteiger partial charge in [-0.3, -0.25) is 9.59 Å². The number of hydrogen-bond acceptors (Lipinski definition) is 4. The van der Waals surface area contributed by atoms with Gasteiger partial charge in [0.1, 0.15) is 5.75 Å². The highest BCUT2D eigenvalue weighted by atomic mass is 16.5. The third kappa shape index (κ3) is 4.71. The molecule has 1 aliphatic heterocycles. The molecule has 132 valence electrons. The number of nitrogens with zero attached hydrogens (tertiary/aromatic N) is 1. The summed E-state index contributed by atoms with van der Waals surface area (Å²) in [5, 5.41) is 8.97. The Morgan fingerprint density at radius 2 is 2.04 bits per heavy atom. The van der Waals surface area contributed by atoms with Gasteiger partial charge in [0.05, 0.1) is 25.7 Å². The Hall–Kier alpha value is -2.08. The molecule has 1 amide bonds. The fourth-order valence-corrected chi connectivity index (χ4v) is 2.79. The lowest BCUT2D eigenvalue weighted by molar-refractivity contribution is -0.147. The van der Waals surface area contributed by atoms with Crippen molar-refractivity contribution in [3.8, 4) is 5.75 Å². The zero-order chi connectivity index (χ0) is 17.7. The average Bonchev–Trinajstić information content (AvgIpc) is 2.52. The number of carboxylic acid groups (broad SMARTS) is 1. The SMILES string of the molecule is CC(C)(C)c1ccccc1OCC(=O)N1CCOCC1CC(=O)O. The first kappa shape index (κ1) is 18.3. The van der Waals surface area contributed by atoms with E-state index in [1.165, 1.54) is 0 Å². The standard InChI is InChI=1S/C18H25NO5/c1-18(2,3)14-6-4-5-7-15(14)24-12-16(20)19-8-9-23-11-13(19)10-17(21)22/h4-7,13H,8-12H2,1-3H3,(H,21,22). The van der Waals surface area contributed by atoms with Crippen LogP contribution in [-0.2, 0) is 19.7 Å². The number of rotatable bonds is 5. The summed E-state index contributed by atoms with van der Waals surface area (Å²) in [6.45, 7) is 7.20. The van der Waals surface area contributed by atoms with Crippen molar-refractivity contribution in [2.45, 2.75) is 38.6 Å². The largest absolute Gasteiger partial charge is 0.483 e. The first-order valence-electron chi connectivity index (χ1n) is 8.10. The van der Waals surface area contributed by atoms with Gasteiger partial charge in [-0.15, -0.1) is 0 Å². The van der Waals surface area contributed by atoms with E-state index in [1.54, 1.807) is 4.90 Å². The zero-order valence-corrected chi connectivity index (χ0v) is 14.4. The second-order valence-corrected chi connectivity index (χ2v) is 6.95. The summed E-state index contributed by atoms with van der Waals surface area (Å²) in [4.78, 5) is 25.0. The molecule has 24 heavy (non-hydrogen) atoms. The molecular weight excluding hydrogens is 310 g/mol. The van der Waals surface area contributed by atoms with Crippen LogP contribution in [0, 0.1) is 0 Å². The van der Waals surface area contributed by atoms with Gasteiger partial charge in [-0.2, -0.15) is 0 Å². The summed E-state index contributed by atoms with van der Waals surface area (Å²) < 4.78 is 11.0. The Labute approximate surface area is 142 Å². The Morgan fingerprint density at radius 3 is 2.71 bits per heavy atom. The molecule has 1 fully saturated rings. The third-order valence-electron chi connectivity index (χ3n) is 4.00. The maximum atomic E-state index is 12.5. The van der Waals surface area contributed by atoms with E-state index >= 15 is 0 Å². The van der Waals surface area contributed by atoms with Crippen LogP contribution >= 0.6 is 0 Å². The van der Waals surface area contributed by atoms with E-state index in [-0.39, 0.29) is 31.0 Å². The molecule has 0 saturated carbocycles. The summed E-state index contributed by atoms with van der Waals surface area (Å²) in [5.74, 6) is -0.475. The molecule has 0 radical (unpaired) electrons. The van der Waals surface area contributed by atoms with Crippen molar-refractivity contribution < 1.29 is 24.2 Å². The number of aliphatic carboxylic acids is 1. The molecular formula is C18H25NO5. The third-order valence-corrected chi connectivity index (χ3v) is 4.00. The van der Waals surface area contributed by atoms with Crippen molar-refractivity contribution in [3.63, 3.8) is 0 Å². The van der Waals surface area contributed by atoms with E-state index in [1.807, 2.05) is 24.3 Å². The lowest BCUT2D eigenvalue weighted by Crippen LogP contribution is -2.51. The second kappa shape index (κ2) is 7.66. The lowest BCUT2D eigenvalue weighted by atomic mass is 9.86. The van der Waals surface area contributed by atoms with Gasteiger partial charge >= 0.3 is 5.97 Å². The van der Waals surface area contributed by atoms with Gasteiger partial charge in [0.25, 0.3) is 5.91 Å². The molecule has 6 heteroatoms. The molecule has 1 atom stereocenters. The monoisotopic (exact) mass is 335 g/mol. The first-order valence-corrected chi connectivity index (χ1v) is 8.10. The van der Waals surface area contributed by atoms with E-state index in [4.69, 9.17) is 14.6 Å². The molecule has 1 aromatic rings. The van der Waals surface area contributed by atoms with Gasteiger partial charge in [0.2, 0.25) is 0 Å². The van der Waals surface area contributed by atoms with Crippen molar-refractivity contribution in [2.75, 3.05) is 26.4 Å². The highest BCUT2D eigenvalue weighted by Gasteiger charge is 2.29. The molecule has 2 rings (SSSR count). The average molecular weight is 335 g/mol. The number of carbonyl (C=O) groups is 2. The van der Waals surface area contributed by atoms with Gasteiger partial charge in [-0.1, -0.05) is 39.0 Å². The number of amides is 1. The molecule has 0 aromatic heterocycles. The van der Waals surface area contributed by atoms with Crippen LogP contribution in [0.25, 0.3) is 0 Å². The van der Waals surface area contributed by atoms with Crippen molar-refractivity contribution in [2.24, 2.45) is 0 Å². The van der Waals surface area contributed by atoms with E-state index < -0.39 is 12.0 Å². The number of carboxylic acids is 1. The van der Waals surface area contributed by atoms with Gasteiger partial charge < -0.3 is 19.5 Å². The topological polar surface area (TPSA) is 76.1 Å². The van der Waals surface area contributed by atoms with Crippen LogP contribution in [0.4, 0.5) is 0 Å². The molecule has 1 aromatic carbocycles. The maximum Gasteiger partial charge on any atom is 0.305 e. The van der Waals surface area contributed by atoms with Crippen molar-refractivity contribution in [1.29, 1.82) is 0 Å². The van der Waals surface area contributed by atoms with Crippen molar-refractivity contribution in [3.05, 3.63) is 29.8 Å². The Morgan fingerprint density at radius 1 is 1.33 bits per heavy atom. The molecule has 1 heterocycles. The minimum Gasteiger partial charge on any atom is -0.483 e. The maximum absolute atomic E-state index is 12.5. The van der Waals surface area contributed by atoms with Gasteiger partial charge in [0.15, 0.2) is 6.61 Å². The van der Waals surface area contributed by atoms with Gasteiger partial charge in [0, 0.05) is 6.54 Å². The van der Waals surface area contributed by atoms with Gasteiger partial charge in [-0.25, -0.2) is 0 Å². The molecule has 1 N–H and O–H groups in total. The zero-order valence-electron chi connectivity index (χ0n) is 14.4. The normalized spacial score (nSPS) is 18.3. The van der Waals surface area contributed by atoms with Crippen LogP contribution in [0.5, 0.6) is 5.75 Å². The second-order valence-electron chi connectivity index (χ2n) is 6.95. The molecule has 1 unspecified atom stereocenters. The van der Waals surface area contributed by atoms with Crippen molar-refractivity contribution >= 4 is 11.9 Å². The summed E-state index contributed by atoms with van der Waals surface area (Å²) in [6.07, 6.45) is -0.121. The minimum atomic E-state index is -0.942. The molecule has 0 aliphatic carbocycles. The van der Waals surface area contributed by atoms with Gasteiger partial charge in [-0.05, 0) is 17.0 Å². The number of para-hydroxylation sites is 1. The first-order chi connectivity index (χ1) is 11.3. The quantitative estimate of drug-likeness (QED) is 0.891. The smallest absolute Gasteiger partial charge is 0.305 e. The van der Waals surface area contributed by atoms with Crippen LogP contribution in [0.15, 0.2) is 24.3 Å². The van der Waals surface area contributed by atoms with E-state index in [9.17, 15) is 9.59 Å². The number of hydrogen-bond donors (Lipinski definition) is 1. The summed E-state index contributed by atoms with van der Waals surface area (Å²) >= 11 is 0. The Balaban J connectivity index is 2.03. The molecule has 1 aliphatic rings. The van der Waals surface area contributed by atoms with Crippen LogP contribution in [0.2, 0.25) is 0 Å². The number of ether oxygens (including phenoxy) is 2. The van der Waals surface area contributed by atoms with Crippen LogP contribution in [-0.4, -0.2) is 54.3 Å². The van der Waals surface area contributed by atoms with E-state index in [0.717, 1.165) is 5.56 Å². The Kier molecular flexibility index (Phi) is 5.83. The fourth-order valence-electron chi connectivity index (χ4n) is 2.79. The molecule has 6 nitrogen and oxygen atoms in total. The highest BCUT2D eigenvalue weighted by Crippen LogP contribution is 2.31. The molecule has 0 bridgehead atoms. The number of benzene rings is 1. The van der Waals surface area contributed by atoms with Crippen molar-refractivity contribution in [1.82, 2.24) is 4.90 Å². The summed E-state index contributed by atoms with van der Waals surface area (Å²) in [6, 6.07) is 7.21. The predicted molar refractivity (Wildman–Crippen MR) is 89.2 cm³/mol. The predicted octanol–water partition coefficient (Wildman–Crippen LogP) is 2.06. The number of carbonyl (C=O) groups excluding carboxylic acids is 1. The lowest BCUT2D eigenvalue weighted by Gasteiger charge is -2.34. The molecule has 1 saturated heterocycles. The highest BCUT2D eigenvalue weighted by molar-refractivity contribution is 5.79. The van der Waals surface area contributed by atoms with Crippen LogP contribution in [0.1, 0.15) is 32.8 Å². The Bertz CT molecular complexity index is 593. The summed E-state index contributed by atoms with van der Waals surface area (Å²) in [7, 11) is 0. The van der Waals surface area contributed by atoms with Crippen LogP contribution < -0.4 is 4.74 Å². The summed E-state index contributed by atoms with van der Waals surface area (Å²) in [5.41, 5.74) is 0.937. The molecule has 0 spiro atoms. The van der Waals surface area contributed by atoms with E-state index in [0.29, 0.717) is 18.9 Å². The fraction of sp³-hybridized carbons (Fsp3) is 0.556. The van der Waals surface area contributed by atoms with E-state index in [2.05, 4.69) is 20.8 Å². The minimum absolute atomic E-state index is 0.0928. The van der Waals surface area contributed by atoms with Crippen LogP contribution in [0.3, 0.4) is 0 Å². The number of morpholine rings is 1.